The lowest BCUT2D eigenvalue weighted by Crippen LogP contribution is -2.29. The Morgan fingerprint density at radius 2 is 2.35 bits per heavy atom. The third-order valence-corrected chi connectivity index (χ3v) is 4.18. The average Bonchev–Trinajstić information content (AvgIpc) is 3.40. The molecule has 3 aromatic heterocycles. The minimum absolute atomic E-state index is 0.201. The summed E-state index contributed by atoms with van der Waals surface area (Å²) < 4.78 is 6.83. The van der Waals surface area contributed by atoms with Gasteiger partial charge >= 0.3 is 6.09 Å². The van der Waals surface area contributed by atoms with Crippen LogP contribution in [0.5, 0.6) is 0 Å². The quantitative estimate of drug-likeness (QED) is 0.757. The van der Waals surface area contributed by atoms with Crippen LogP contribution in [0.25, 0.3) is 17.3 Å². The summed E-state index contributed by atoms with van der Waals surface area (Å²) in [7, 11) is 0. The van der Waals surface area contributed by atoms with E-state index in [0.29, 0.717) is 35.7 Å². The van der Waals surface area contributed by atoms with Crippen molar-refractivity contribution in [1.29, 1.82) is 5.26 Å². The molecule has 1 saturated heterocycles. The highest BCUT2D eigenvalue weighted by Gasteiger charge is 2.33. The van der Waals surface area contributed by atoms with Crippen LogP contribution in [0, 0.1) is 11.3 Å². The zero-order valence-electron chi connectivity index (χ0n) is 13.5. The largest absolute Gasteiger partial charge is 0.465 e. The first kappa shape index (κ1) is 15.8. The number of nitrogens with zero attached hydrogens (tertiary/aromatic N) is 7. The molecule has 1 aliphatic rings. The van der Waals surface area contributed by atoms with Crippen molar-refractivity contribution >= 4 is 6.09 Å². The van der Waals surface area contributed by atoms with E-state index >= 15 is 0 Å². The lowest BCUT2D eigenvalue weighted by molar-refractivity contribution is 0.138. The number of nitriles is 1. The molecule has 10 nitrogen and oxygen atoms in total. The number of likely N-dealkylation sites (tertiary alicyclic amines) is 1. The van der Waals surface area contributed by atoms with E-state index in [-0.39, 0.29) is 5.89 Å². The molecule has 0 spiro atoms. The maximum Gasteiger partial charge on any atom is 0.407 e. The van der Waals surface area contributed by atoms with Gasteiger partial charge in [0.25, 0.3) is 5.89 Å². The highest BCUT2D eigenvalue weighted by Crippen LogP contribution is 2.31. The van der Waals surface area contributed by atoms with Crippen molar-refractivity contribution in [1.82, 2.24) is 29.8 Å². The molecule has 0 aromatic carbocycles. The summed E-state index contributed by atoms with van der Waals surface area (Å²) in [5.74, 6) is 0.532. The zero-order chi connectivity index (χ0) is 18.1. The SMILES string of the molecule is N#Cc1cnn(-c2ccnc(-c3nc(C4CCCN4C(=O)O)no3)c2)c1. The van der Waals surface area contributed by atoms with Crippen molar-refractivity contribution in [3.63, 3.8) is 0 Å². The Kier molecular flexibility index (Phi) is 3.81. The summed E-state index contributed by atoms with van der Waals surface area (Å²) in [6, 6.07) is 5.05. The maximum atomic E-state index is 11.3. The number of carbonyl (C=O) groups is 1. The molecule has 1 aliphatic heterocycles. The van der Waals surface area contributed by atoms with Gasteiger partial charge in [-0.1, -0.05) is 5.16 Å². The Morgan fingerprint density at radius 3 is 3.12 bits per heavy atom. The summed E-state index contributed by atoms with van der Waals surface area (Å²) in [6.07, 6.45) is 5.05. The van der Waals surface area contributed by atoms with E-state index < -0.39 is 12.1 Å². The molecule has 0 radical (unpaired) electrons. The van der Waals surface area contributed by atoms with Gasteiger partial charge in [-0.2, -0.15) is 15.3 Å². The second-order valence-corrected chi connectivity index (χ2v) is 5.78. The van der Waals surface area contributed by atoms with Crippen molar-refractivity contribution < 1.29 is 14.4 Å². The fourth-order valence-corrected chi connectivity index (χ4v) is 2.94. The van der Waals surface area contributed by atoms with E-state index in [0.717, 1.165) is 6.42 Å². The molecule has 10 heteroatoms. The van der Waals surface area contributed by atoms with Gasteiger partial charge in [0.15, 0.2) is 5.82 Å². The Hall–Kier alpha value is -3.74. The van der Waals surface area contributed by atoms with E-state index in [1.54, 1.807) is 29.2 Å². The fourth-order valence-electron chi connectivity index (χ4n) is 2.94. The second kappa shape index (κ2) is 6.29. The normalized spacial score (nSPS) is 16.6. The van der Waals surface area contributed by atoms with Gasteiger partial charge in [-0.25, -0.2) is 9.48 Å². The molecule has 1 fully saturated rings. The van der Waals surface area contributed by atoms with Crippen LogP contribution in [0.2, 0.25) is 0 Å². The van der Waals surface area contributed by atoms with Gasteiger partial charge in [-0.05, 0) is 25.0 Å². The lowest BCUT2D eigenvalue weighted by Gasteiger charge is -2.17. The van der Waals surface area contributed by atoms with E-state index in [2.05, 4.69) is 20.2 Å². The van der Waals surface area contributed by atoms with Crippen LogP contribution < -0.4 is 0 Å². The summed E-state index contributed by atoms with van der Waals surface area (Å²) in [6.45, 7) is 0.456. The number of aromatic nitrogens is 5. The molecule has 26 heavy (non-hydrogen) atoms. The second-order valence-electron chi connectivity index (χ2n) is 5.78. The fraction of sp³-hybridized carbons (Fsp3) is 0.250. The van der Waals surface area contributed by atoms with Gasteiger partial charge in [-0.15, -0.1) is 0 Å². The standard InChI is InChI=1S/C16H13N7O3/c17-7-10-8-19-23(9-10)11-3-4-18-12(6-11)15-20-14(21-26-15)13-2-1-5-22(13)16(24)25/h3-4,6,8-9,13H,1-2,5H2,(H,24,25). The number of rotatable bonds is 3. The third kappa shape index (κ3) is 2.75. The monoisotopic (exact) mass is 351 g/mol. The van der Waals surface area contributed by atoms with Gasteiger partial charge in [0, 0.05) is 18.9 Å². The van der Waals surface area contributed by atoms with Crippen LogP contribution in [0.15, 0.2) is 35.2 Å². The predicted octanol–water partition coefficient (Wildman–Crippen LogP) is 2.00. The molecule has 1 N–H and O–H groups in total. The average molecular weight is 351 g/mol. The van der Waals surface area contributed by atoms with Gasteiger partial charge in [-0.3, -0.25) is 9.88 Å². The van der Waals surface area contributed by atoms with Gasteiger partial charge in [0.2, 0.25) is 0 Å². The van der Waals surface area contributed by atoms with Gasteiger partial charge in [0.1, 0.15) is 11.8 Å². The van der Waals surface area contributed by atoms with E-state index in [4.69, 9.17) is 9.78 Å². The Morgan fingerprint density at radius 1 is 1.46 bits per heavy atom. The summed E-state index contributed by atoms with van der Waals surface area (Å²) in [4.78, 5) is 21.1. The molecule has 130 valence electrons. The summed E-state index contributed by atoms with van der Waals surface area (Å²) in [5.41, 5.74) is 1.57. The molecule has 4 rings (SSSR count). The molecule has 0 aliphatic carbocycles. The van der Waals surface area contributed by atoms with Crippen molar-refractivity contribution in [3.8, 4) is 23.3 Å². The highest BCUT2D eigenvalue weighted by molar-refractivity contribution is 5.66. The van der Waals surface area contributed by atoms with Crippen LogP contribution in [-0.4, -0.2) is 47.5 Å². The van der Waals surface area contributed by atoms with Crippen molar-refractivity contribution in [3.05, 3.63) is 42.1 Å². The van der Waals surface area contributed by atoms with E-state index in [9.17, 15) is 9.90 Å². The van der Waals surface area contributed by atoms with Crippen LogP contribution in [0.3, 0.4) is 0 Å². The number of hydrogen-bond acceptors (Lipinski definition) is 7. The molecule has 1 atom stereocenters. The first-order chi connectivity index (χ1) is 12.7. The minimum atomic E-state index is -0.994. The van der Waals surface area contributed by atoms with Crippen LogP contribution in [0.4, 0.5) is 4.79 Å². The zero-order valence-corrected chi connectivity index (χ0v) is 13.5. The van der Waals surface area contributed by atoms with Crippen LogP contribution in [0.1, 0.15) is 30.3 Å². The lowest BCUT2D eigenvalue weighted by atomic mass is 10.2. The Bertz CT molecular complexity index is 1000. The Labute approximate surface area is 147 Å². The predicted molar refractivity (Wildman–Crippen MR) is 86.1 cm³/mol. The van der Waals surface area contributed by atoms with Crippen LogP contribution in [-0.2, 0) is 0 Å². The van der Waals surface area contributed by atoms with Crippen molar-refractivity contribution in [2.75, 3.05) is 6.54 Å². The Balaban J connectivity index is 1.63. The smallest absolute Gasteiger partial charge is 0.407 e. The van der Waals surface area contributed by atoms with Crippen LogP contribution >= 0.6 is 0 Å². The first-order valence-corrected chi connectivity index (χ1v) is 7.90. The number of pyridine rings is 1. The highest BCUT2D eigenvalue weighted by atomic mass is 16.5. The topological polar surface area (TPSA) is 134 Å². The molecular formula is C16H13N7O3. The molecule has 4 heterocycles. The summed E-state index contributed by atoms with van der Waals surface area (Å²) in [5, 5.41) is 26.2. The molecule has 1 unspecified atom stereocenters. The third-order valence-electron chi connectivity index (χ3n) is 4.18. The van der Waals surface area contributed by atoms with Gasteiger partial charge < -0.3 is 9.63 Å². The maximum absolute atomic E-state index is 11.3. The number of hydrogen-bond donors (Lipinski definition) is 1. The molecule has 0 bridgehead atoms. The number of carboxylic acid groups (broad SMARTS) is 1. The van der Waals surface area contributed by atoms with Gasteiger partial charge in [0.05, 0.1) is 23.5 Å². The van der Waals surface area contributed by atoms with E-state index in [1.165, 1.54) is 11.1 Å². The van der Waals surface area contributed by atoms with Crippen molar-refractivity contribution in [2.24, 2.45) is 0 Å². The minimum Gasteiger partial charge on any atom is -0.465 e. The number of amides is 1. The molecule has 0 saturated carbocycles. The molecular weight excluding hydrogens is 338 g/mol. The van der Waals surface area contributed by atoms with E-state index in [1.807, 2.05) is 6.07 Å². The first-order valence-electron chi connectivity index (χ1n) is 7.90. The van der Waals surface area contributed by atoms with Crippen molar-refractivity contribution in [2.45, 2.75) is 18.9 Å². The summed E-state index contributed by atoms with van der Waals surface area (Å²) >= 11 is 0. The molecule has 3 aromatic rings. The molecule has 1 amide bonds.